The number of primary amides is 1. The van der Waals surface area contributed by atoms with Crippen LogP contribution in [0.15, 0.2) is 53.4 Å². The third-order valence-corrected chi connectivity index (χ3v) is 7.10. The molecule has 2 N–H and O–H groups in total. The fourth-order valence-electron chi connectivity index (χ4n) is 3.39. The average molecular weight is 416 g/mol. The molecule has 2 amide bonds. The third kappa shape index (κ3) is 4.42. The topological polar surface area (TPSA) is 101 Å². The summed E-state index contributed by atoms with van der Waals surface area (Å²) in [4.78, 5) is 25.8. The maximum absolute atomic E-state index is 13.0. The van der Waals surface area contributed by atoms with Gasteiger partial charge in [0, 0.05) is 31.6 Å². The number of piperidine rings is 1. The molecule has 2 aromatic carbocycles. The lowest BCUT2D eigenvalue weighted by Crippen LogP contribution is -2.41. The van der Waals surface area contributed by atoms with Crippen LogP contribution in [0.1, 0.15) is 28.8 Å². The Morgan fingerprint density at radius 1 is 1.07 bits per heavy atom. The smallest absolute Gasteiger partial charge is 0.264 e. The molecule has 0 aliphatic carbocycles. The molecule has 0 bridgehead atoms. The summed E-state index contributed by atoms with van der Waals surface area (Å²) in [6.45, 7) is 2.78. The van der Waals surface area contributed by atoms with Crippen molar-refractivity contribution in [3.05, 3.63) is 59.7 Å². The number of carbonyl (C=O) groups excluding carboxylic acids is 2. The molecule has 8 heteroatoms. The largest absolute Gasteiger partial charge is 0.369 e. The monoisotopic (exact) mass is 415 g/mol. The average Bonchev–Trinajstić information content (AvgIpc) is 2.73. The number of carbonyl (C=O) groups is 2. The van der Waals surface area contributed by atoms with Gasteiger partial charge in [0.25, 0.3) is 15.9 Å². The molecule has 0 radical (unpaired) electrons. The molecule has 2 aromatic rings. The standard InChI is InChI=1S/C21H25N3O4S/c1-15-6-8-18(9-7-15)23(2)29(27,28)19-5-3-4-17(14-19)21(26)24-12-10-16(11-13-24)20(22)25/h3-9,14,16H,10-13H2,1-2H3,(H2,22,25). The van der Waals surface area contributed by atoms with Crippen LogP contribution in [-0.2, 0) is 14.8 Å². The molecule has 1 saturated heterocycles. The highest BCUT2D eigenvalue weighted by molar-refractivity contribution is 7.92. The van der Waals surface area contributed by atoms with Crippen molar-refractivity contribution < 1.29 is 18.0 Å². The van der Waals surface area contributed by atoms with Crippen LogP contribution in [0, 0.1) is 12.8 Å². The molecule has 1 aliphatic rings. The van der Waals surface area contributed by atoms with E-state index in [2.05, 4.69) is 0 Å². The van der Waals surface area contributed by atoms with Crippen LogP contribution in [-0.4, -0.2) is 45.3 Å². The zero-order valence-electron chi connectivity index (χ0n) is 16.5. The molecule has 1 heterocycles. The zero-order chi connectivity index (χ0) is 21.2. The van der Waals surface area contributed by atoms with Crippen molar-refractivity contribution >= 4 is 27.5 Å². The molecular formula is C21H25N3O4S. The number of sulfonamides is 1. The first-order valence-corrected chi connectivity index (χ1v) is 10.9. The fourth-order valence-corrected chi connectivity index (χ4v) is 4.63. The van der Waals surface area contributed by atoms with Gasteiger partial charge >= 0.3 is 0 Å². The van der Waals surface area contributed by atoms with Crippen molar-refractivity contribution in [3.8, 4) is 0 Å². The molecule has 0 saturated carbocycles. The first kappa shape index (κ1) is 20.9. The second kappa shape index (κ2) is 8.24. The second-order valence-electron chi connectivity index (χ2n) is 7.30. The summed E-state index contributed by atoms with van der Waals surface area (Å²) in [6.07, 6.45) is 1.05. The predicted octanol–water partition coefficient (Wildman–Crippen LogP) is 2.16. The Labute approximate surface area is 171 Å². The van der Waals surface area contributed by atoms with Gasteiger partial charge in [-0.3, -0.25) is 13.9 Å². The van der Waals surface area contributed by atoms with Crippen molar-refractivity contribution in [3.63, 3.8) is 0 Å². The number of nitrogens with zero attached hydrogens (tertiary/aromatic N) is 2. The normalized spacial score (nSPS) is 15.2. The van der Waals surface area contributed by atoms with Gasteiger partial charge in [0.05, 0.1) is 10.6 Å². The predicted molar refractivity (Wildman–Crippen MR) is 111 cm³/mol. The van der Waals surface area contributed by atoms with E-state index in [4.69, 9.17) is 5.73 Å². The molecule has 7 nitrogen and oxygen atoms in total. The highest BCUT2D eigenvalue weighted by atomic mass is 32.2. The number of likely N-dealkylation sites (tertiary alicyclic amines) is 1. The summed E-state index contributed by atoms with van der Waals surface area (Å²) in [7, 11) is -2.32. The van der Waals surface area contributed by atoms with E-state index in [1.807, 2.05) is 19.1 Å². The Bertz CT molecular complexity index is 1010. The number of hydrogen-bond donors (Lipinski definition) is 1. The van der Waals surface area contributed by atoms with Crippen molar-refractivity contribution in [2.75, 3.05) is 24.4 Å². The Kier molecular flexibility index (Phi) is 5.93. The van der Waals surface area contributed by atoms with E-state index in [9.17, 15) is 18.0 Å². The summed E-state index contributed by atoms with van der Waals surface area (Å²) >= 11 is 0. The van der Waals surface area contributed by atoms with Gasteiger partial charge in [-0.2, -0.15) is 0 Å². The maximum atomic E-state index is 13.0. The number of aryl methyl sites for hydroxylation is 1. The lowest BCUT2D eigenvalue weighted by atomic mass is 9.96. The summed E-state index contributed by atoms with van der Waals surface area (Å²) in [5.74, 6) is -0.804. The van der Waals surface area contributed by atoms with Crippen molar-refractivity contribution in [1.82, 2.24) is 4.90 Å². The zero-order valence-corrected chi connectivity index (χ0v) is 17.4. The molecule has 0 spiro atoms. The second-order valence-corrected chi connectivity index (χ2v) is 9.27. The minimum atomic E-state index is -3.81. The van der Waals surface area contributed by atoms with E-state index in [0.717, 1.165) is 5.56 Å². The van der Waals surface area contributed by atoms with Gasteiger partial charge < -0.3 is 10.6 Å². The van der Waals surface area contributed by atoms with E-state index in [1.165, 1.54) is 23.5 Å². The first-order valence-electron chi connectivity index (χ1n) is 9.44. The van der Waals surface area contributed by atoms with Gasteiger partial charge in [-0.25, -0.2) is 8.42 Å². The van der Waals surface area contributed by atoms with Gasteiger partial charge in [0.2, 0.25) is 5.91 Å². The Morgan fingerprint density at radius 2 is 1.69 bits per heavy atom. The molecule has 1 aliphatic heterocycles. The van der Waals surface area contributed by atoms with Crippen LogP contribution in [0.5, 0.6) is 0 Å². The summed E-state index contributed by atoms with van der Waals surface area (Å²) in [6, 6.07) is 13.2. The highest BCUT2D eigenvalue weighted by Gasteiger charge is 2.28. The number of hydrogen-bond acceptors (Lipinski definition) is 4. The molecule has 0 unspecified atom stereocenters. The Hall–Kier alpha value is -2.87. The number of anilines is 1. The van der Waals surface area contributed by atoms with E-state index in [0.29, 0.717) is 37.2 Å². The molecular weight excluding hydrogens is 390 g/mol. The number of amides is 2. The van der Waals surface area contributed by atoms with Crippen molar-refractivity contribution in [1.29, 1.82) is 0 Å². The Morgan fingerprint density at radius 3 is 2.28 bits per heavy atom. The lowest BCUT2D eigenvalue weighted by Gasteiger charge is -2.30. The summed E-state index contributed by atoms with van der Waals surface area (Å²) < 4.78 is 27.3. The molecule has 29 heavy (non-hydrogen) atoms. The van der Waals surface area contributed by atoms with Crippen molar-refractivity contribution in [2.24, 2.45) is 11.7 Å². The van der Waals surface area contributed by atoms with Gasteiger partial charge in [0.15, 0.2) is 0 Å². The van der Waals surface area contributed by atoms with E-state index in [1.54, 1.807) is 29.2 Å². The van der Waals surface area contributed by atoms with E-state index in [-0.39, 0.29) is 22.6 Å². The van der Waals surface area contributed by atoms with Crippen LogP contribution < -0.4 is 10.0 Å². The van der Waals surface area contributed by atoms with Crippen molar-refractivity contribution in [2.45, 2.75) is 24.7 Å². The van der Waals surface area contributed by atoms with Crippen LogP contribution in [0.2, 0.25) is 0 Å². The van der Waals surface area contributed by atoms with Gasteiger partial charge in [-0.1, -0.05) is 23.8 Å². The summed E-state index contributed by atoms with van der Waals surface area (Å²) in [5, 5.41) is 0. The minimum Gasteiger partial charge on any atom is -0.369 e. The Balaban J connectivity index is 1.80. The minimum absolute atomic E-state index is 0.0541. The fraction of sp³-hybridized carbons (Fsp3) is 0.333. The third-order valence-electron chi connectivity index (χ3n) is 5.32. The number of benzene rings is 2. The van der Waals surface area contributed by atoms with Gasteiger partial charge in [-0.05, 0) is 50.1 Å². The molecule has 0 atom stereocenters. The van der Waals surface area contributed by atoms with Gasteiger partial charge in [-0.15, -0.1) is 0 Å². The lowest BCUT2D eigenvalue weighted by molar-refractivity contribution is -0.123. The molecule has 0 aromatic heterocycles. The quantitative estimate of drug-likeness (QED) is 0.809. The molecule has 3 rings (SSSR count). The van der Waals surface area contributed by atoms with Crippen LogP contribution in [0.3, 0.4) is 0 Å². The first-order chi connectivity index (χ1) is 13.7. The highest BCUT2D eigenvalue weighted by Crippen LogP contribution is 2.24. The van der Waals surface area contributed by atoms with Crippen LogP contribution in [0.25, 0.3) is 0 Å². The van der Waals surface area contributed by atoms with E-state index < -0.39 is 10.0 Å². The molecule has 154 valence electrons. The summed E-state index contributed by atoms with van der Waals surface area (Å²) in [5.41, 5.74) is 7.22. The maximum Gasteiger partial charge on any atom is 0.264 e. The van der Waals surface area contributed by atoms with Crippen LogP contribution >= 0.6 is 0 Å². The number of rotatable bonds is 5. The van der Waals surface area contributed by atoms with Gasteiger partial charge in [0.1, 0.15) is 0 Å². The SMILES string of the molecule is Cc1ccc(N(C)S(=O)(=O)c2cccc(C(=O)N3CCC(C(N)=O)CC3)c2)cc1. The van der Waals surface area contributed by atoms with E-state index >= 15 is 0 Å². The van der Waals surface area contributed by atoms with Crippen LogP contribution in [0.4, 0.5) is 5.69 Å². The number of nitrogens with two attached hydrogens (primary N) is 1. The molecule has 1 fully saturated rings.